The van der Waals surface area contributed by atoms with Gasteiger partial charge in [0.15, 0.2) is 0 Å². The van der Waals surface area contributed by atoms with Crippen LogP contribution in [0.4, 0.5) is 4.39 Å². The fraction of sp³-hybridized carbons (Fsp3) is 0.500. The Hall–Kier alpha value is -1.09. The van der Waals surface area contributed by atoms with Gasteiger partial charge in [0.2, 0.25) is 0 Å². The smallest absolute Gasteiger partial charge is 0.123 e. The molecule has 15 heavy (non-hydrogen) atoms. The van der Waals surface area contributed by atoms with E-state index < -0.39 is 6.17 Å². The summed E-state index contributed by atoms with van der Waals surface area (Å²) in [6.45, 7) is 3.33. The first-order valence-electron chi connectivity index (χ1n) is 5.03. The monoisotopic (exact) mass is 212 g/mol. The lowest BCUT2D eigenvalue weighted by Crippen LogP contribution is -2.06. The highest BCUT2D eigenvalue weighted by molar-refractivity contribution is 5.43. The molecule has 84 valence electrons. The first kappa shape index (κ1) is 12.0. The van der Waals surface area contributed by atoms with Gasteiger partial charge in [-0.25, -0.2) is 4.39 Å². The van der Waals surface area contributed by atoms with Crippen molar-refractivity contribution < 1.29 is 14.2 Å². The van der Waals surface area contributed by atoms with E-state index in [1.54, 1.807) is 25.3 Å². The third-order valence-electron chi connectivity index (χ3n) is 2.51. The van der Waals surface area contributed by atoms with E-state index in [1.165, 1.54) is 6.92 Å². The number of hydrogen-bond donors (Lipinski definition) is 1. The van der Waals surface area contributed by atoms with Crippen LogP contribution in [0.15, 0.2) is 18.2 Å². The average molecular weight is 212 g/mol. The van der Waals surface area contributed by atoms with Crippen LogP contribution in [-0.4, -0.2) is 18.8 Å². The number of ether oxygens (including phenoxy) is 1. The molecule has 0 aliphatic heterocycles. The van der Waals surface area contributed by atoms with E-state index in [4.69, 9.17) is 9.84 Å². The zero-order valence-corrected chi connectivity index (χ0v) is 9.33. The van der Waals surface area contributed by atoms with E-state index in [0.29, 0.717) is 11.3 Å². The third-order valence-corrected chi connectivity index (χ3v) is 2.51. The zero-order valence-electron chi connectivity index (χ0n) is 9.33. The second-order valence-corrected chi connectivity index (χ2v) is 3.66. The van der Waals surface area contributed by atoms with Gasteiger partial charge >= 0.3 is 0 Å². The van der Waals surface area contributed by atoms with Crippen molar-refractivity contribution in [1.29, 1.82) is 0 Å². The number of aliphatic hydroxyl groups excluding tert-OH is 1. The van der Waals surface area contributed by atoms with Gasteiger partial charge in [-0.2, -0.15) is 0 Å². The van der Waals surface area contributed by atoms with E-state index in [-0.39, 0.29) is 12.5 Å². The van der Waals surface area contributed by atoms with Crippen molar-refractivity contribution >= 4 is 0 Å². The van der Waals surface area contributed by atoms with Crippen molar-refractivity contribution in [3.63, 3.8) is 0 Å². The lowest BCUT2D eigenvalue weighted by atomic mass is 9.93. The van der Waals surface area contributed by atoms with Gasteiger partial charge in [-0.15, -0.1) is 0 Å². The molecule has 2 unspecified atom stereocenters. The molecular weight excluding hydrogens is 195 g/mol. The first-order chi connectivity index (χ1) is 7.11. The summed E-state index contributed by atoms with van der Waals surface area (Å²) in [6.07, 6.45) is -1.05. The predicted molar refractivity (Wildman–Crippen MR) is 58.0 cm³/mol. The Morgan fingerprint density at radius 2 is 2.07 bits per heavy atom. The maximum Gasteiger partial charge on any atom is 0.123 e. The van der Waals surface area contributed by atoms with Crippen molar-refractivity contribution in [3.8, 4) is 5.75 Å². The quantitative estimate of drug-likeness (QED) is 0.831. The summed E-state index contributed by atoms with van der Waals surface area (Å²) in [6, 6.07) is 5.28. The number of benzene rings is 1. The van der Waals surface area contributed by atoms with E-state index in [0.717, 1.165) is 5.56 Å². The van der Waals surface area contributed by atoms with Gasteiger partial charge in [-0.1, -0.05) is 19.1 Å². The summed E-state index contributed by atoms with van der Waals surface area (Å²) in [7, 11) is 1.55. The van der Waals surface area contributed by atoms with E-state index in [9.17, 15) is 4.39 Å². The van der Waals surface area contributed by atoms with Crippen LogP contribution in [-0.2, 0) is 0 Å². The highest BCUT2D eigenvalue weighted by atomic mass is 19.1. The number of aliphatic hydroxyl groups is 1. The number of rotatable bonds is 4. The van der Waals surface area contributed by atoms with E-state index >= 15 is 0 Å². The van der Waals surface area contributed by atoms with Gasteiger partial charge in [0.1, 0.15) is 11.9 Å². The number of alkyl halides is 1. The number of hydrogen-bond acceptors (Lipinski definition) is 2. The van der Waals surface area contributed by atoms with Gasteiger partial charge < -0.3 is 9.84 Å². The maximum atomic E-state index is 13.4. The summed E-state index contributed by atoms with van der Waals surface area (Å²) in [5.41, 5.74) is 1.36. The molecule has 1 aromatic rings. The molecule has 1 aromatic carbocycles. The number of halogens is 1. The minimum absolute atomic E-state index is 0.0138. The maximum absolute atomic E-state index is 13.4. The minimum atomic E-state index is -1.05. The molecule has 1 N–H and O–H groups in total. The molecule has 0 saturated carbocycles. The molecule has 0 radical (unpaired) electrons. The molecule has 1 rings (SSSR count). The zero-order chi connectivity index (χ0) is 11.4. The third kappa shape index (κ3) is 2.48. The predicted octanol–water partition coefficient (Wildman–Crippen LogP) is 2.82. The summed E-state index contributed by atoms with van der Waals surface area (Å²) in [5, 5.41) is 9.14. The van der Waals surface area contributed by atoms with Gasteiger partial charge in [0, 0.05) is 18.1 Å². The van der Waals surface area contributed by atoms with Gasteiger partial charge in [0.25, 0.3) is 0 Å². The van der Waals surface area contributed by atoms with Crippen molar-refractivity contribution in [1.82, 2.24) is 0 Å². The Balaban J connectivity index is 3.26. The molecule has 0 bridgehead atoms. The Kier molecular flexibility index (Phi) is 4.09. The lowest BCUT2D eigenvalue weighted by Gasteiger charge is -2.18. The van der Waals surface area contributed by atoms with Crippen molar-refractivity contribution in [2.75, 3.05) is 13.7 Å². The summed E-state index contributed by atoms with van der Waals surface area (Å²) >= 11 is 0. The molecule has 0 amide bonds. The Labute approximate surface area is 89.7 Å². The largest absolute Gasteiger partial charge is 0.496 e. The lowest BCUT2D eigenvalue weighted by molar-refractivity contribution is 0.266. The Morgan fingerprint density at radius 1 is 1.40 bits per heavy atom. The van der Waals surface area contributed by atoms with Crippen molar-refractivity contribution in [2.24, 2.45) is 0 Å². The van der Waals surface area contributed by atoms with E-state index in [1.807, 2.05) is 6.92 Å². The minimum Gasteiger partial charge on any atom is -0.496 e. The second kappa shape index (κ2) is 5.12. The molecule has 0 aliphatic carbocycles. The standard InChI is InChI=1S/C12H17FO2/c1-8(7-14)12-10(9(2)13)5-4-6-11(12)15-3/h4-6,8-9,14H,7H2,1-3H3. The molecule has 0 heterocycles. The molecule has 0 aromatic heterocycles. The van der Waals surface area contributed by atoms with Gasteiger partial charge in [0.05, 0.1) is 7.11 Å². The Bertz CT molecular complexity index is 323. The van der Waals surface area contributed by atoms with Gasteiger partial charge in [-0.3, -0.25) is 0 Å². The molecule has 3 heteroatoms. The number of methoxy groups -OCH3 is 1. The topological polar surface area (TPSA) is 29.5 Å². The molecule has 0 fully saturated rings. The average Bonchev–Trinajstić information content (AvgIpc) is 2.26. The highest BCUT2D eigenvalue weighted by Gasteiger charge is 2.18. The summed E-state index contributed by atoms with van der Waals surface area (Å²) in [4.78, 5) is 0. The second-order valence-electron chi connectivity index (χ2n) is 3.66. The van der Waals surface area contributed by atoms with E-state index in [2.05, 4.69) is 0 Å². The Morgan fingerprint density at radius 3 is 2.53 bits per heavy atom. The molecule has 0 spiro atoms. The normalized spacial score (nSPS) is 14.7. The molecule has 0 aliphatic rings. The molecule has 0 saturated heterocycles. The van der Waals surface area contributed by atoms with Crippen LogP contribution in [0.5, 0.6) is 5.75 Å². The SMILES string of the molecule is COc1cccc(C(C)F)c1C(C)CO. The van der Waals surface area contributed by atoms with Gasteiger partial charge in [-0.05, 0) is 18.6 Å². The molecule has 2 nitrogen and oxygen atoms in total. The van der Waals surface area contributed by atoms with Crippen LogP contribution in [0, 0.1) is 0 Å². The van der Waals surface area contributed by atoms with Crippen LogP contribution >= 0.6 is 0 Å². The fourth-order valence-electron chi connectivity index (χ4n) is 1.70. The first-order valence-corrected chi connectivity index (χ1v) is 5.03. The van der Waals surface area contributed by atoms with Crippen molar-refractivity contribution in [3.05, 3.63) is 29.3 Å². The molecule has 2 atom stereocenters. The van der Waals surface area contributed by atoms with Crippen LogP contribution < -0.4 is 4.74 Å². The highest BCUT2D eigenvalue weighted by Crippen LogP contribution is 2.34. The van der Waals surface area contributed by atoms with Crippen LogP contribution in [0.1, 0.15) is 37.1 Å². The summed E-state index contributed by atoms with van der Waals surface area (Å²) < 4.78 is 18.6. The van der Waals surface area contributed by atoms with Crippen LogP contribution in [0.3, 0.4) is 0 Å². The van der Waals surface area contributed by atoms with Crippen LogP contribution in [0.25, 0.3) is 0 Å². The summed E-state index contributed by atoms with van der Waals surface area (Å²) in [5.74, 6) is 0.521. The van der Waals surface area contributed by atoms with Crippen molar-refractivity contribution in [2.45, 2.75) is 25.9 Å². The fourth-order valence-corrected chi connectivity index (χ4v) is 1.70. The molecular formula is C12H17FO2. The van der Waals surface area contributed by atoms with Crippen LogP contribution in [0.2, 0.25) is 0 Å².